The summed E-state index contributed by atoms with van der Waals surface area (Å²) in [6.07, 6.45) is -0.0567. The van der Waals surface area contributed by atoms with Crippen LogP contribution in [0.25, 0.3) is 10.4 Å². The first-order valence-corrected chi connectivity index (χ1v) is 11.5. The van der Waals surface area contributed by atoms with Crippen LogP contribution in [0.2, 0.25) is 0 Å². The summed E-state index contributed by atoms with van der Waals surface area (Å²) in [4.78, 5) is 25.5. The fourth-order valence-electron chi connectivity index (χ4n) is 3.29. The summed E-state index contributed by atoms with van der Waals surface area (Å²) in [7, 11) is -3.80. The number of carboxylic acid groups (broad SMARTS) is 1. The van der Waals surface area contributed by atoms with Crippen LogP contribution in [0.15, 0.2) is 70.9 Å². The second-order valence-electron chi connectivity index (χ2n) is 6.91. The summed E-state index contributed by atoms with van der Waals surface area (Å²) < 4.78 is 28.0. The predicted octanol–water partition coefficient (Wildman–Crippen LogP) is 3.65. The molecule has 1 aliphatic rings. The SMILES string of the molecule is O=C(O)[C@@H]1CC(=O)N(c2ccc(S(=O)(=O)Nc3csc(-c4ccccc4)c3)cc2)C1. The Morgan fingerprint density at radius 3 is 2.43 bits per heavy atom. The zero-order valence-electron chi connectivity index (χ0n) is 15.7. The number of carboxylic acids is 1. The van der Waals surface area contributed by atoms with Gasteiger partial charge in [-0.25, -0.2) is 8.42 Å². The van der Waals surface area contributed by atoms with Gasteiger partial charge in [0.15, 0.2) is 0 Å². The number of aliphatic carboxylic acids is 1. The first-order chi connectivity index (χ1) is 14.3. The number of nitrogens with one attached hydrogen (secondary N) is 1. The van der Waals surface area contributed by atoms with Crippen molar-refractivity contribution in [2.24, 2.45) is 5.92 Å². The Morgan fingerprint density at radius 2 is 1.80 bits per heavy atom. The van der Waals surface area contributed by atoms with E-state index in [0.29, 0.717) is 11.4 Å². The van der Waals surface area contributed by atoms with Crippen molar-refractivity contribution >= 4 is 44.6 Å². The molecule has 1 fully saturated rings. The first-order valence-electron chi connectivity index (χ1n) is 9.13. The number of nitrogens with zero attached hydrogens (tertiary/aromatic N) is 1. The fraction of sp³-hybridized carbons (Fsp3) is 0.143. The van der Waals surface area contributed by atoms with Gasteiger partial charge in [-0.1, -0.05) is 30.3 Å². The number of anilines is 2. The number of benzene rings is 2. The van der Waals surface area contributed by atoms with Crippen molar-refractivity contribution in [2.45, 2.75) is 11.3 Å². The largest absolute Gasteiger partial charge is 0.481 e. The lowest BCUT2D eigenvalue weighted by Gasteiger charge is -2.16. The maximum Gasteiger partial charge on any atom is 0.308 e. The van der Waals surface area contributed by atoms with Crippen molar-refractivity contribution in [3.63, 3.8) is 0 Å². The van der Waals surface area contributed by atoms with E-state index >= 15 is 0 Å². The number of hydrogen-bond donors (Lipinski definition) is 2. The number of carbonyl (C=O) groups excluding carboxylic acids is 1. The Hall–Kier alpha value is -3.17. The Morgan fingerprint density at radius 1 is 1.10 bits per heavy atom. The number of hydrogen-bond acceptors (Lipinski definition) is 5. The van der Waals surface area contributed by atoms with Crippen molar-refractivity contribution < 1.29 is 23.1 Å². The molecule has 1 amide bonds. The minimum atomic E-state index is -3.80. The molecule has 2 heterocycles. The maximum atomic E-state index is 12.7. The number of thiophene rings is 1. The van der Waals surface area contributed by atoms with Crippen LogP contribution in [0.3, 0.4) is 0 Å². The number of carbonyl (C=O) groups is 2. The quantitative estimate of drug-likeness (QED) is 0.606. The monoisotopic (exact) mass is 442 g/mol. The standard InChI is InChI=1S/C21H18N2O5S2/c24-20-10-15(21(25)26)12-23(20)17-6-8-18(9-7-17)30(27,28)22-16-11-19(29-13-16)14-4-2-1-3-5-14/h1-9,11,13,15,22H,10,12H2,(H,25,26)/t15-/m1/s1. The molecule has 0 aliphatic carbocycles. The highest BCUT2D eigenvalue weighted by Crippen LogP contribution is 2.31. The maximum absolute atomic E-state index is 12.7. The molecule has 0 spiro atoms. The molecular formula is C21H18N2O5S2. The zero-order chi connectivity index (χ0) is 21.3. The number of sulfonamides is 1. The average molecular weight is 443 g/mol. The summed E-state index contributed by atoms with van der Waals surface area (Å²) in [6.45, 7) is 0.0790. The Labute approximate surface area is 177 Å². The van der Waals surface area contributed by atoms with Crippen LogP contribution in [0.4, 0.5) is 11.4 Å². The van der Waals surface area contributed by atoms with Gasteiger partial charge in [0.1, 0.15) is 0 Å². The van der Waals surface area contributed by atoms with Crippen LogP contribution in [-0.2, 0) is 19.6 Å². The lowest BCUT2D eigenvalue weighted by molar-refractivity contribution is -0.141. The second-order valence-corrected chi connectivity index (χ2v) is 9.50. The Balaban J connectivity index is 1.49. The van der Waals surface area contributed by atoms with E-state index in [1.807, 2.05) is 30.3 Å². The molecule has 1 aliphatic heterocycles. The van der Waals surface area contributed by atoms with Crippen molar-refractivity contribution in [2.75, 3.05) is 16.2 Å². The Kier molecular flexibility index (Phi) is 5.31. The molecule has 0 unspecified atom stereocenters. The fourth-order valence-corrected chi connectivity index (χ4v) is 5.25. The third-order valence-corrected chi connectivity index (χ3v) is 7.22. The van der Waals surface area contributed by atoms with E-state index in [-0.39, 0.29) is 23.8 Å². The highest BCUT2D eigenvalue weighted by Gasteiger charge is 2.35. The molecule has 9 heteroatoms. The Bertz CT molecular complexity index is 1190. The van der Waals surface area contributed by atoms with Gasteiger partial charge in [0.05, 0.1) is 16.5 Å². The molecule has 0 radical (unpaired) electrons. The number of rotatable bonds is 6. The molecule has 30 heavy (non-hydrogen) atoms. The molecule has 0 bridgehead atoms. The molecule has 1 atom stereocenters. The van der Waals surface area contributed by atoms with Crippen LogP contribution >= 0.6 is 11.3 Å². The van der Waals surface area contributed by atoms with E-state index in [4.69, 9.17) is 5.11 Å². The molecule has 4 rings (SSSR count). The van der Waals surface area contributed by atoms with Crippen molar-refractivity contribution in [1.82, 2.24) is 0 Å². The summed E-state index contributed by atoms with van der Waals surface area (Å²) in [5.74, 6) is -2.05. The predicted molar refractivity (Wildman–Crippen MR) is 115 cm³/mol. The molecule has 0 saturated carbocycles. The van der Waals surface area contributed by atoms with Crippen LogP contribution in [0.1, 0.15) is 6.42 Å². The first kappa shape index (κ1) is 20.1. The van der Waals surface area contributed by atoms with Gasteiger partial charge in [0.2, 0.25) is 5.91 Å². The van der Waals surface area contributed by atoms with E-state index in [2.05, 4.69) is 4.72 Å². The van der Waals surface area contributed by atoms with E-state index < -0.39 is 21.9 Å². The number of amides is 1. The summed E-state index contributed by atoms with van der Waals surface area (Å²) in [5.41, 5.74) is 1.96. The molecular weight excluding hydrogens is 424 g/mol. The second kappa shape index (κ2) is 7.92. The van der Waals surface area contributed by atoms with Gasteiger partial charge < -0.3 is 10.0 Å². The minimum Gasteiger partial charge on any atom is -0.481 e. The smallest absolute Gasteiger partial charge is 0.308 e. The van der Waals surface area contributed by atoms with Crippen LogP contribution in [0.5, 0.6) is 0 Å². The van der Waals surface area contributed by atoms with Crippen LogP contribution in [0, 0.1) is 5.92 Å². The lowest BCUT2D eigenvalue weighted by Crippen LogP contribution is -2.25. The zero-order valence-corrected chi connectivity index (χ0v) is 17.3. The molecule has 154 valence electrons. The molecule has 1 aromatic heterocycles. The van der Waals surface area contributed by atoms with Gasteiger partial charge in [-0.15, -0.1) is 11.3 Å². The molecule has 3 aromatic rings. The molecule has 2 N–H and O–H groups in total. The minimum absolute atomic E-state index is 0.0557. The van der Waals surface area contributed by atoms with Gasteiger partial charge in [-0.05, 0) is 35.9 Å². The highest BCUT2D eigenvalue weighted by atomic mass is 32.2. The van der Waals surface area contributed by atoms with E-state index in [9.17, 15) is 18.0 Å². The van der Waals surface area contributed by atoms with Crippen LogP contribution in [-0.4, -0.2) is 31.9 Å². The third-order valence-electron chi connectivity index (χ3n) is 4.84. The van der Waals surface area contributed by atoms with Gasteiger partial charge >= 0.3 is 5.97 Å². The van der Waals surface area contributed by atoms with Gasteiger partial charge in [0, 0.05) is 28.9 Å². The van der Waals surface area contributed by atoms with E-state index in [1.165, 1.54) is 40.5 Å². The van der Waals surface area contributed by atoms with Crippen molar-refractivity contribution in [3.8, 4) is 10.4 Å². The third kappa shape index (κ3) is 4.07. The highest BCUT2D eigenvalue weighted by molar-refractivity contribution is 7.92. The normalized spacial score (nSPS) is 16.6. The molecule has 7 nitrogen and oxygen atoms in total. The van der Waals surface area contributed by atoms with Crippen molar-refractivity contribution in [1.29, 1.82) is 0 Å². The van der Waals surface area contributed by atoms with Crippen LogP contribution < -0.4 is 9.62 Å². The summed E-state index contributed by atoms with van der Waals surface area (Å²) in [6, 6.07) is 17.3. The topological polar surface area (TPSA) is 104 Å². The lowest BCUT2D eigenvalue weighted by atomic mass is 10.1. The van der Waals surface area contributed by atoms with Crippen molar-refractivity contribution in [3.05, 3.63) is 66.0 Å². The van der Waals surface area contributed by atoms with Gasteiger partial charge in [-0.3, -0.25) is 14.3 Å². The van der Waals surface area contributed by atoms with Gasteiger partial charge in [0.25, 0.3) is 10.0 Å². The molecule has 2 aromatic carbocycles. The van der Waals surface area contributed by atoms with E-state index in [1.54, 1.807) is 11.4 Å². The van der Waals surface area contributed by atoms with E-state index in [0.717, 1.165) is 10.4 Å². The summed E-state index contributed by atoms with van der Waals surface area (Å²) >= 11 is 1.44. The molecule has 1 saturated heterocycles. The van der Waals surface area contributed by atoms with Gasteiger partial charge in [-0.2, -0.15) is 0 Å². The average Bonchev–Trinajstić information content (AvgIpc) is 3.35. The summed E-state index contributed by atoms with van der Waals surface area (Å²) in [5, 5.41) is 10.8.